The number of nitrogens with zero attached hydrogens (tertiary/aromatic N) is 1. The second kappa shape index (κ2) is 6.98. The quantitative estimate of drug-likeness (QED) is 0.735. The highest BCUT2D eigenvalue weighted by Crippen LogP contribution is 2.35. The first-order valence-electron chi connectivity index (χ1n) is 6.47. The zero-order valence-corrected chi connectivity index (χ0v) is 15.9. The zero-order chi connectivity index (χ0) is 17.2. The van der Waals surface area contributed by atoms with E-state index in [4.69, 9.17) is 21.1 Å². The van der Waals surface area contributed by atoms with Gasteiger partial charge in [-0.25, -0.2) is 8.42 Å². The summed E-state index contributed by atoms with van der Waals surface area (Å²) in [5.74, 6) is 0.958. The molecule has 5 nitrogen and oxygen atoms in total. The minimum absolute atomic E-state index is 0.120. The molecule has 0 bridgehead atoms. The van der Waals surface area contributed by atoms with Gasteiger partial charge in [0.2, 0.25) is 0 Å². The predicted molar refractivity (Wildman–Crippen MR) is 94.3 cm³/mol. The number of anilines is 1. The van der Waals surface area contributed by atoms with Crippen LogP contribution in [-0.2, 0) is 10.0 Å². The highest BCUT2D eigenvalue weighted by molar-refractivity contribution is 9.10. The van der Waals surface area contributed by atoms with Gasteiger partial charge < -0.3 is 9.47 Å². The molecule has 0 aliphatic heterocycles. The van der Waals surface area contributed by atoms with E-state index in [0.29, 0.717) is 26.7 Å². The van der Waals surface area contributed by atoms with Crippen LogP contribution in [0, 0.1) is 0 Å². The van der Waals surface area contributed by atoms with Gasteiger partial charge in [0.05, 0.1) is 29.3 Å². The van der Waals surface area contributed by atoms with E-state index in [2.05, 4.69) is 15.9 Å². The van der Waals surface area contributed by atoms with Crippen LogP contribution in [0.15, 0.2) is 45.8 Å². The van der Waals surface area contributed by atoms with Crippen molar-refractivity contribution in [1.82, 2.24) is 0 Å². The van der Waals surface area contributed by atoms with Crippen LogP contribution in [0.5, 0.6) is 11.5 Å². The average Bonchev–Trinajstić information content (AvgIpc) is 2.53. The van der Waals surface area contributed by atoms with E-state index in [1.54, 1.807) is 18.2 Å². The van der Waals surface area contributed by atoms with Gasteiger partial charge >= 0.3 is 0 Å². The molecule has 2 rings (SSSR count). The monoisotopic (exact) mass is 419 g/mol. The lowest BCUT2D eigenvalue weighted by atomic mass is 10.3. The third kappa shape index (κ3) is 3.57. The molecule has 0 saturated carbocycles. The van der Waals surface area contributed by atoms with E-state index in [1.165, 1.54) is 39.5 Å². The van der Waals surface area contributed by atoms with Crippen molar-refractivity contribution in [1.29, 1.82) is 0 Å². The normalized spacial score (nSPS) is 11.2. The minimum Gasteiger partial charge on any atom is -0.496 e. The number of ether oxygens (including phenoxy) is 2. The number of sulfonamides is 1. The number of benzene rings is 2. The Morgan fingerprint density at radius 3 is 2.22 bits per heavy atom. The van der Waals surface area contributed by atoms with Gasteiger partial charge in [0.15, 0.2) is 0 Å². The molecule has 0 radical (unpaired) electrons. The molecule has 0 aliphatic carbocycles. The molecule has 23 heavy (non-hydrogen) atoms. The molecule has 0 fully saturated rings. The second-order valence-corrected chi connectivity index (χ2v) is 7.85. The smallest absolute Gasteiger partial charge is 0.264 e. The molecule has 0 N–H and O–H groups in total. The first kappa shape index (κ1) is 17.9. The molecule has 0 atom stereocenters. The van der Waals surface area contributed by atoms with E-state index in [9.17, 15) is 8.42 Å². The molecule has 124 valence electrons. The van der Waals surface area contributed by atoms with Crippen molar-refractivity contribution in [3.05, 3.63) is 45.9 Å². The lowest BCUT2D eigenvalue weighted by molar-refractivity contribution is 0.411. The van der Waals surface area contributed by atoms with E-state index >= 15 is 0 Å². The fourth-order valence-corrected chi connectivity index (χ4v) is 4.09. The van der Waals surface area contributed by atoms with E-state index in [-0.39, 0.29) is 4.90 Å². The fraction of sp³-hybridized carbons (Fsp3) is 0.200. The van der Waals surface area contributed by atoms with Crippen molar-refractivity contribution >= 4 is 43.2 Å². The minimum atomic E-state index is -3.78. The van der Waals surface area contributed by atoms with Crippen molar-refractivity contribution in [2.45, 2.75) is 4.90 Å². The van der Waals surface area contributed by atoms with Crippen LogP contribution in [0.25, 0.3) is 0 Å². The standard InChI is InChI=1S/C15H15BrClNO4S/c1-18(13-8-10(17)4-6-15(13)22-3)23(19,20)11-5-7-14(21-2)12(16)9-11/h4-9H,1-3H3. The van der Waals surface area contributed by atoms with Crippen LogP contribution < -0.4 is 13.8 Å². The van der Waals surface area contributed by atoms with E-state index in [1.807, 2.05) is 0 Å². The summed E-state index contributed by atoms with van der Waals surface area (Å²) in [6.07, 6.45) is 0. The molecule has 0 heterocycles. The lowest BCUT2D eigenvalue weighted by Crippen LogP contribution is -2.27. The van der Waals surface area contributed by atoms with Crippen LogP contribution in [-0.4, -0.2) is 29.7 Å². The van der Waals surface area contributed by atoms with Crippen LogP contribution in [0.1, 0.15) is 0 Å². The topological polar surface area (TPSA) is 55.8 Å². The number of hydrogen-bond acceptors (Lipinski definition) is 4. The average molecular weight is 421 g/mol. The van der Waals surface area contributed by atoms with Gasteiger partial charge in [-0.2, -0.15) is 0 Å². The van der Waals surface area contributed by atoms with Gasteiger partial charge in [-0.15, -0.1) is 0 Å². The Balaban J connectivity index is 2.51. The van der Waals surface area contributed by atoms with Crippen LogP contribution in [0.3, 0.4) is 0 Å². The van der Waals surface area contributed by atoms with Gasteiger partial charge in [0.1, 0.15) is 11.5 Å². The molecule has 0 spiro atoms. The van der Waals surface area contributed by atoms with Crippen molar-refractivity contribution in [3.63, 3.8) is 0 Å². The molecular formula is C15H15BrClNO4S. The maximum absolute atomic E-state index is 12.8. The highest BCUT2D eigenvalue weighted by Gasteiger charge is 2.25. The summed E-state index contributed by atoms with van der Waals surface area (Å²) in [6, 6.07) is 9.34. The molecule has 0 aromatic heterocycles. The van der Waals surface area contributed by atoms with Crippen molar-refractivity contribution in [2.24, 2.45) is 0 Å². The number of rotatable bonds is 5. The second-order valence-electron chi connectivity index (χ2n) is 4.59. The molecule has 2 aromatic carbocycles. The molecule has 0 unspecified atom stereocenters. The Morgan fingerprint density at radius 1 is 1.04 bits per heavy atom. The van der Waals surface area contributed by atoms with Crippen molar-refractivity contribution in [3.8, 4) is 11.5 Å². The number of hydrogen-bond donors (Lipinski definition) is 0. The predicted octanol–water partition coefficient (Wildman–Crippen LogP) is 3.94. The summed E-state index contributed by atoms with van der Waals surface area (Å²) in [5.41, 5.74) is 0.354. The SMILES string of the molecule is COc1ccc(S(=O)(=O)N(C)c2cc(Cl)ccc2OC)cc1Br. The first-order chi connectivity index (χ1) is 10.8. The van der Waals surface area contributed by atoms with Crippen LogP contribution in [0.2, 0.25) is 5.02 Å². The molecule has 0 aliphatic rings. The van der Waals surface area contributed by atoms with Crippen LogP contribution in [0.4, 0.5) is 5.69 Å². The third-order valence-electron chi connectivity index (χ3n) is 3.26. The Bertz CT molecular complexity index is 826. The Morgan fingerprint density at radius 2 is 1.65 bits per heavy atom. The number of methoxy groups -OCH3 is 2. The first-order valence-corrected chi connectivity index (χ1v) is 9.08. The van der Waals surface area contributed by atoms with Gasteiger partial charge in [-0.3, -0.25) is 4.31 Å². The van der Waals surface area contributed by atoms with Gasteiger partial charge in [-0.1, -0.05) is 11.6 Å². The molecule has 0 saturated heterocycles. The van der Waals surface area contributed by atoms with E-state index in [0.717, 1.165) is 4.31 Å². The third-order valence-corrected chi connectivity index (χ3v) is 5.88. The van der Waals surface area contributed by atoms with E-state index < -0.39 is 10.0 Å². The molecule has 0 amide bonds. The maximum Gasteiger partial charge on any atom is 0.264 e. The van der Waals surface area contributed by atoms with Crippen molar-refractivity contribution < 1.29 is 17.9 Å². The van der Waals surface area contributed by atoms with Gasteiger partial charge in [0, 0.05) is 12.1 Å². The van der Waals surface area contributed by atoms with Gasteiger partial charge in [0.25, 0.3) is 10.0 Å². The molecule has 8 heteroatoms. The summed E-state index contributed by atoms with van der Waals surface area (Å²) in [7, 11) is 0.647. The van der Waals surface area contributed by atoms with Crippen LogP contribution >= 0.6 is 27.5 Å². The van der Waals surface area contributed by atoms with Gasteiger partial charge in [-0.05, 0) is 52.3 Å². The zero-order valence-electron chi connectivity index (χ0n) is 12.7. The summed E-state index contributed by atoms with van der Waals surface area (Å²) < 4.78 is 37.7. The van der Waals surface area contributed by atoms with Crippen molar-refractivity contribution in [2.75, 3.05) is 25.6 Å². The number of halogens is 2. The highest BCUT2D eigenvalue weighted by atomic mass is 79.9. The summed E-state index contributed by atoms with van der Waals surface area (Å²) >= 11 is 9.27. The fourth-order valence-electron chi connectivity index (χ4n) is 2.00. The summed E-state index contributed by atoms with van der Waals surface area (Å²) in [5, 5.41) is 0.416. The molecular weight excluding hydrogens is 406 g/mol. The summed E-state index contributed by atoms with van der Waals surface area (Å²) in [4.78, 5) is 0.120. The summed E-state index contributed by atoms with van der Waals surface area (Å²) in [6.45, 7) is 0. The largest absolute Gasteiger partial charge is 0.496 e. The Kier molecular flexibility index (Phi) is 5.44. The Labute approximate surface area is 149 Å². The maximum atomic E-state index is 12.8. The molecule has 2 aromatic rings. The lowest BCUT2D eigenvalue weighted by Gasteiger charge is -2.22. The Hall–Kier alpha value is -1.44.